The highest BCUT2D eigenvalue weighted by molar-refractivity contribution is 5.21. The van der Waals surface area contributed by atoms with Gasteiger partial charge in [0.25, 0.3) is 0 Å². The molecule has 0 amide bonds. The third-order valence-electron chi connectivity index (χ3n) is 4.46. The Morgan fingerprint density at radius 3 is 2.83 bits per heavy atom. The van der Waals surface area contributed by atoms with Gasteiger partial charge in [0.05, 0.1) is 0 Å². The van der Waals surface area contributed by atoms with Gasteiger partial charge in [0.15, 0.2) is 0 Å². The molecule has 2 unspecified atom stereocenters. The summed E-state index contributed by atoms with van der Waals surface area (Å²) in [5.41, 5.74) is 1.53. The summed E-state index contributed by atoms with van der Waals surface area (Å²) in [6.07, 6.45) is 4.12. The van der Waals surface area contributed by atoms with Crippen molar-refractivity contribution in [1.82, 2.24) is 10.2 Å². The summed E-state index contributed by atoms with van der Waals surface area (Å²) >= 11 is 0. The van der Waals surface area contributed by atoms with Crippen LogP contribution in [0.4, 0.5) is 0 Å². The average Bonchev–Trinajstić information content (AvgIpc) is 2.89. The maximum atomic E-state index is 3.53. The van der Waals surface area contributed by atoms with E-state index in [2.05, 4.69) is 40.5 Å². The standard InChI is InChI=1S/C16H24N2/c1-2-6-15(7-3-1)16-8-10-18(13-16)12-14-5-4-9-17-11-14/h1-3,6-7,14,16-17H,4-5,8-13H2. The third-order valence-corrected chi connectivity index (χ3v) is 4.46. The van der Waals surface area contributed by atoms with Crippen LogP contribution < -0.4 is 5.32 Å². The van der Waals surface area contributed by atoms with Crippen LogP contribution >= 0.6 is 0 Å². The number of nitrogens with zero attached hydrogens (tertiary/aromatic N) is 1. The van der Waals surface area contributed by atoms with Crippen molar-refractivity contribution >= 4 is 0 Å². The number of nitrogens with one attached hydrogen (secondary N) is 1. The molecule has 2 fully saturated rings. The third kappa shape index (κ3) is 2.93. The molecule has 1 N–H and O–H groups in total. The lowest BCUT2D eigenvalue weighted by atomic mass is 9.98. The van der Waals surface area contributed by atoms with Crippen LogP contribution in [0.5, 0.6) is 0 Å². The normalized spacial score (nSPS) is 29.6. The maximum absolute atomic E-state index is 3.53. The molecule has 0 radical (unpaired) electrons. The minimum Gasteiger partial charge on any atom is -0.316 e. The van der Waals surface area contributed by atoms with Crippen LogP contribution in [-0.4, -0.2) is 37.6 Å². The monoisotopic (exact) mass is 244 g/mol. The Labute approximate surface area is 110 Å². The Hall–Kier alpha value is -0.860. The first-order chi connectivity index (χ1) is 8.92. The van der Waals surface area contributed by atoms with E-state index in [0.717, 1.165) is 11.8 Å². The lowest BCUT2D eigenvalue weighted by molar-refractivity contribution is 0.242. The molecular formula is C16H24N2. The van der Waals surface area contributed by atoms with Crippen molar-refractivity contribution in [3.63, 3.8) is 0 Å². The Kier molecular flexibility index (Phi) is 3.96. The first-order valence-electron chi connectivity index (χ1n) is 7.40. The van der Waals surface area contributed by atoms with Crippen LogP contribution in [0.3, 0.4) is 0 Å². The fourth-order valence-electron chi connectivity index (χ4n) is 3.44. The first kappa shape index (κ1) is 12.2. The molecular weight excluding hydrogens is 220 g/mol. The molecule has 2 saturated heterocycles. The van der Waals surface area contributed by atoms with E-state index >= 15 is 0 Å². The van der Waals surface area contributed by atoms with Gasteiger partial charge >= 0.3 is 0 Å². The van der Waals surface area contributed by atoms with Crippen LogP contribution in [0.25, 0.3) is 0 Å². The van der Waals surface area contributed by atoms with Crippen molar-refractivity contribution in [2.24, 2.45) is 5.92 Å². The predicted molar refractivity (Wildman–Crippen MR) is 75.8 cm³/mol. The lowest BCUT2D eigenvalue weighted by Crippen LogP contribution is -2.37. The number of hydrogen-bond acceptors (Lipinski definition) is 2. The van der Waals surface area contributed by atoms with Crippen LogP contribution in [-0.2, 0) is 0 Å². The molecule has 0 bridgehead atoms. The van der Waals surface area contributed by atoms with E-state index in [-0.39, 0.29) is 0 Å². The van der Waals surface area contributed by atoms with Crippen molar-refractivity contribution in [2.45, 2.75) is 25.2 Å². The number of likely N-dealkylation sites (tertiary alicyclic amines) is 1. The maximum Gasteiger partial charge on any atom is 0.00509 e. The van der Waals surface area contributed by atoms with Crippen molar-refractivity contribution in [2.75, 3.05) is 32.7 Å². The van der Waals surface area contributed by atoms with Gasteiger partial charge in [-0.15, -0.1) is 0 Å². The number of rotatable bonds is 3. The smallest absolute Gasteiger partial charge is 0.00509 e. The van der Waals surface area contributed by atoms with E-state index < -0.39 is 0 Å². The molecule has 1 aromatic carbocycles. The second-order valence-corrected chi connectivity index (χ2v) is 5.87. The van der Waals surface area contributed by atoms with E-state index in [1.54, 1.807) is 0 Å². The van der Waals surface area contributed by atoms with E-state index in [9.17, 15) is 0 Å². The Bertz CT molecular complexity index is 357. The highest BCUT2D eigenvalue weighted by atomic mass is 15.1. The Morgan fingerprint density at radius 1 is 1.17 bits per heavy atom. The molecule has 0 saturated carbocycles. The van der Waals surface area contributed by atoms with Gasteiger partial charge in [0, 0.05) is 13.1 Å². The van der Waals surface area contributed by atoms with Gasteiger partial charge in [-0.25, -0.2) is 0 Å². The van der Waals surface area contributed by atoms with E-state index in [0.29, 0.717) is 0 Å². The molecule has 1 aromatic rings. The zero-order valence-corrected chi connectivity index (χ0v) is 11.1. The minimum atomic E-state index is 0.766. The van der Waals surface area contributed by atoms with Gasteiger partial charge in [-0.3, -0.25) is 0 Å². The summed E-state index contributed by atoms with van der Waals surface area (Å²) in [4.78, 5) is 2.68. The topological polar surface area (TPSA) is 15.3 Å². The molecule has 2 atom stereocenters. The Balaban J connectivity index is 1.52. The number of benzene rings is 1. The largest absolute Gasteiger partial charge is 0.316 e. The molecule has 2 heterocycles. The zero-order valence-electron chi connectivity index (χ0n) is 11.1. The average molecular weight is 244 g/mol. The molecule has 98 valence electrons. The molecule has 3 rings (SSSR count). The first-order valence-corrected chi connectivity index (χ1v) is 7.40. The van der Waals surface area contributed by atoms with Gasteiger partial charge < -0.3 is 10.2 Å². The summed E-state index contributed by atoms with van der Waals surface area (Å²) in [5, 5.41) is 3.53. The Morgan fingerprint density at radius 2 is 2.06 bits per heavy atom. The SMILES string of the molecule is c1ccc(C2CCN(CC3CCCNC3)C2)cc1. The number of piperidine rings is 1. The highest BCUT2D eigenvalue weighted by Gasteiger charge is 2.26. The molecule has 2 heteroatoms. The lowest BCUT2D eigenvalue weighted by Gasteiger charge is -2.27. The second-order valence-electron chi connectivity index (χ2n) is 5.87. The van der Waals surface area contributed by atoms with Crippen LogP contribution in [0.1, 0.15) is 30.7 Å². The van der Waals surface area contributed by atoms with Gasteiger partial charge in [-0.2, -0.15) is 0 Å². The van der Waals surface area contributed by atoms with Gasteiger partial charge in [0.1, 0.15) is 0 Å². The van der Waals surface area contributed by atoms with Gasteiger partial charge in [0.2, 0.25) is 0 Å². The second kappa shape index (κ2) is 5.85. The minimum absolute atomic E-state index is 0.766. The number of hydrogen-bond donors (Lipinski definition) is 1. The van der Waals surface area contributed by atoms with Crippen LogP contribution in [0, 0.1) is 5.92 Å². The van der Waals surface area contributed by atoms with E-state index in [1.807, 2.05) is 0 Å². The van der Waals surface area contributed by atoms with Crippen molar-refractivity contribution in [1.29, 1.82) is 0 Å². The van der Waals surface area contributed by atoms with Gasteiger partial charge in [-0.05, 0) is 56.3 Å². The molecule has 0 spiro atoms. The zero-order chi connectivity index (χ0) is 12.2. The van der Waals surface area contributed by atoms with Crippen molar-refractivity contribution < 1.29 is 0 Å². The summed E-state index contributed by atoms with van der Waals surface area (Å²) in [5.74, 6) is 1.65. The fraction of sp³-hybridized carbons (Fsp3) is 0.625. The van der Waals surface area contributed by atoms with Crippen LogP contribution in [0.2, 0.25) is 0 Å². The summed E-state index contributed by atoms with van der Waals surface area (Å²) < 4.78 is 0. The summed E-state index contributed by atoms with van der Waals surface area (Å²) in [7, 11) is 0. The molecule has 0 aromatic heterocycles. The fourth-order valence-corrected chi connectivity index (χ4v) is 3.44. The molecule has 18 heavy (non-hydrogen) atoms. The molecule has 0 aliphatic carbocycles. The molecule has 2 aliphatic heterocycles. The molecule has 2 nitrogen and oxygen atoms in total. The van der Waals surface area contributed by atoms with Gasteiger partial charge in [-0.1, -0.05) is 30.3 Å². The molecule has 2 aliphatic rings. The van der Waals surface area contributed by atoms with Crippen molar-refractivity contribution in [3.8, 4) is 0 Å². The quantitative estimate of drug-likeness (QED) is 0.879. The van der Waals surface area contributed by atoms with E-state index in [4.69, 9.17) is 0 Å². The van der Waals surface area contributed by atoms with Crippen molar-refractivity contribution in [3.05, 3.63) is 35.9 Å². The predicted octanol–water partition coefficient (Wildman–Crippen LogP) is 2.48. The summed E-state index contributed by atoms with van der Waals surface area (Å²) in [6.45, 7) is 6.31. The highest BCUT2D eigenvalue weighted by Crippen LogP contribution is 2.28. The van der Waals surface area contributed by atoms with E-state index in [1.165, 1.54) is 57.5 Å². The van der Waals surface area contributed by atoms with Crippen LogP contribution in [0.15, 0.2) is 30.3 Å². The summed E-state index contributed by atoms with van der Waals surface area (Å²) in [6, 6.07) is 11.0.